The molecule has 0 aliphatic heterocycles. The van der Waals surface area contributed by atoms with Crippen LogP contribution in [0.5, 0.6) is 5.75 Å². The lowest BCUT2D eigenvalue weighted by Gasteiger charge is -2.18. The molecular formula is C23H23NO6. The van der Waals surface area contributed by atoms with Crippen LogP contribution in [0.4, 0.5) is 0 Å². The summed E-state index contributed by atoms with van der Waals surface area (Å²) in [4.78, 5) is 36.2. The molecule has 0 saturated heterocycles. The number of amides is 2. The second-order valence-electron chi connectivity index (χ2n) is 7.98. The van der Waals surface area contributed by atoms with Crippen molar-refractivity contribution < 1.29 is 28.6 Å². The molecule has 0 saturated carbocycles. The number of hydrogen-bond donors (Lipinski definition) is 2. The van der Waals surface area contributed by atoms with Crippen LogP contribution in [0.2, 0.25) is 0 Å². The molecule has 3 rings (SSSR count). The Kier molecular flexibility index (Phi) is 5.91. The van der Waals surface area contributed by atoms with E-state index in [9.17, 15) is 19.5 Å². The number of benzene rings is 2. The quantitative estimate of drug-likeness (QED) is 0.625. The van der Waals surface area contributed by atoms with Crippen molar-refractivity contribution >= 4 is 28.8 Å². The van der Waals surface area contributed by atoms with Gasteiger partial charge in [-0.25, -0.2) is 0 Å². The maximum atomic E-state index is 12.2. The molecule has 0 fully saturated rings. The van der Waals surface area contributed by atoms with E-state index in [0.717, 1.165) is 5.56 Å². The van der Waals surface area contributed by atoms with Crippen LogP contribution < -0.4 is 5.32 Å². The number of ether oxygens (including phenoxy) is 1. The zero-order chi connectivity index (χ0) is 21.9. The van der Waals surface area contributed by atoms with Crippen LogP contribution in [-0.4, -0.2) is 29.5 Å². The number of fused-ring (bicyclic) bond motifs is 1. The molecule has 156 valence electrons. The minimum Gasteiger partial charge on any atom is -0.508 e. The standard InChI is InChI=1S/C23H23NO6/c1-23(2,3)16-6-4-14(5-7-16)22(28)24-20(26)13-30-21(27)10-15-12-29-19-11-17(25)8-9-18(15)19/h4-9,11-12,25H,10,13H2,1-3H3,(H,24,26,28). The van der Waals surface area contributed by atoms with Gasteiger partial charge in [0.25, 0.3) is 11.8 Å². The van der Waals surface area contributed by atoms with E-state index in [1.807, 2.05) is 12.1 Å². The highest BCUT2D eigenvalue weighted by Crippen LogP contribution is 2.25. The number of rotatable bonds is 5. The van der Waals surface area contributed by atoms with Crippen LogP contribution in [0.1, 0.15) is 42.3 Å². The number of carbonyl (C=O) groups is 3. The number of esters is 1. The summed E-state index contributed by atoms with van der Waals surface area (Å²) < 4.78 is 10.3. The molecule has 2 aromatic carbocycles. The van der Waals surface area contributed by atoms with Crippen molar-refractivity contribution in [1.82, 2.24) is 5.32 Å². The summed E-state index contributed by atoms with van der Waals surface area (Å²) in [6.07, 6.45) is 1.30. The molecule has 2 N–H and O–H groups in total. The average Bonchev–Trinajstić information content (AvgIpc) is 3.07. The molecule has 0 aliphatic rings. The van der Waals surface area contributed by atoms with E-state index in [1.165, 1.54) is 18.4 Å². The third-order valence-corrected chi connectivity index (χ3v) is 4.60. The van der Waals surface area contributed by atoms with Gasteiger partial charge in [-0.3, -0.25) is 19.7 Å². The SMILES string of the molecule is CC(C)(C)c1ccc(C(=O)NC(=O)COC(=O)Cc2coc3cc(O)ccc23)cc1. The van der Waals surface area contributed by atoms with Crippen LogP contribution in [-0.2, 0) is 26.2 Å². The lowest BCUT2D eigenvalue weighted by molar-refractivity contribution is -0.147. The normalized spacial score (nSPS) is 11.3. The van der Waals surface area contributed by atoms with Gasteiger partial charge in [-0.2, -0.15) is 0 Å². The number of nitrogens with one attached hydrogen (secondary N) is 1. The molecule has 0 bridgehead atoms. The number of aromatic hydroxyl groups is 1. The van der Waals surface area contributed by atoms with Crippen molar-refractivity contribution in [1.29, 1.82) is 0 Å². The van der Waals surface area contributed by atoms with Crippen molar-refractivity contribution in [2.24, 2.45) is 0 Å². The Hall–Kier alpha value is -3.61. The summed E-state index contributed by atoms with van der Waals surface area (Å²) in [6, 6.07) is 11.5. The minimum atomic E-state index is -0.713. The molecule has 0 atom stereocenters. The molecule has 0 aliphatic carbocycles. The first kappa shape index (κ1) is 21.1. The third kappa shape index (κ3) is 5.05. The zero-order valence-electron chi connectivity index (χ0n) is 17.0. The lowest BCUT2D eigenvalue weighted by atomic mass is 9.87. The van der Waals surface area contributed by atoms with Crippen molar-refractivity contribution in [3.05, 3.63) is 65.4 Å². The molecule has 0 spiro atoms. The fourth-order valence-corrected chi connectivity index (χ4v) is 2.92. The lowest BCUT2D eigenvalue weighted by Crippen LogP contribution is -2.34. The second-order valence-corrected chi connectivity index (χ2v) is 7.98. The van der Waals surface area contributed by atoms with Gasteiger partial charge < -0.3 is 14.3 Å². The molecule has 0 radical (unpaired) electrons. The fraction of sp³-hybridized carbons (Fsp3) is 0.261. The summed E-state index contributed by atoms with van der Waals surface area (Å²) in [5, 5.41) is 12.3. The van der Waals surface area contributed by atoms with Gasteiger partial charge in [-0.1, -0.05) is 32.9 Å². The van der Waals surface area contributed by atoms with Crippen molar-refractivity contribution in [3.8, 4) is 5.75 Å². The van der Waals surface area contributed by atoms with Crippen molar-refractivity contribution in [2.75, 3.05) is 6.61 Å². The van der Waals surface area contributed by atoms with Gasteiger partial charge in [0, 0.05) is 22.6 Å². The summed E-state index contributed by atoms with van der Waals surface area (Å²) in [6.45, 7) is 5.63. The summed E-state index contributed by atoms with van der Waals surface area (Å²) in [7, 11) is 0. The first-order valence-electron chi connectivity index (χ1n) is 9.43. The van der Waals surface area contributed by atoms with E-state index in [4.69, 9.17) is 9.15 Å². The Labute approximate surface area is 173 Å². The smallest absolute Gasteiger partial charge is 0.310 e. The Balaban J connectivity index is 1.51. The third-order valence-electron chi connectivity index (χ3n) is 4.60. The van der Waals surface area contributed by atoms with Crippen LogP contribution in [0.25, 0.3) is 11.0 Å². The Morgan fingerprint density at radius 3 is 2.43 bits per heavy atom. The average molecular weight is 409 g/mol. The number of phenols is 1. The maximum absolute atomic E-state index is 12.2. The van der Waals surface area contributed by atoms with E-state index in [1.54, 1.807) is 18.2 Å². The minimum absolute atomic E-state index is 0.0419. The number of phenolic OH excluding ortho intramolecular Hbond substituents is 1. The summed E-state index contributed by atoms with van der Waals surface area (Å²) in [5.74, 6) is -1.85. The van der Waals surface area contributed by atoms with Crippen LogP contribution in [0.3, 0.4) is 0 Å². The highest BCUT2D eigenvalue weighted by molar-refractivity contribution is 6.05. The zero-order valence-corrected chi connectivity index (χ0v) is 17.0. The predicted octanol–water partition coefficient (Wildman–Crippen LogP) is 3.48. The number of carbonyl (C=O) groups excluding carboxylic acids is 3. The molecule has 0 unspecified atom stereocenters. The van der Waals surface area contributed by atoms with Gasteiger partial charge in [0.2, 0.25) is 0 Å². The molecule has 2 amide bonds. The summed E-state index contributed by atoms with van der Waals surface area (Å²) >= 11 is 0. The van der Waals surface area contributed by atoms with Gasteiger partial charge in [0.05, 0.1) is 12.7 Å². The second kappa shape index (κ2) is 8.41. The molecular weight excluding hydrogens is 386 g/mol. The van der Waals surface area contributed by atoms with Crippen molar-refractivity contribution in [3.63, 3.8) is 0 Å². The number of hydrogen-bond acceptors (Lipinski definition) is 6. The Morgan fingerprint density at radius 2 is 1.77 bits per heavy atom. The van der Waals surface area contributed by atoms with E-state index in [0.29, 0.717) is 22.1 Å². The molecule has 1 heterocycles. The Morgan fingerprint density at radius 1 is 1.07 bits per heavy atom. The van der Waals surface area contributed by atoms with E-state index >= 15 is 0 Å². The van der Waals surface area contributed by atoms with Crippen molar-refractivity contribution in [2.45, 2.75) is 32.6 Å². The number of imide groups is 1. The van der Waals surface area contributed by atoms with Gasteiger partial charge >= 0.3 is 5.97 Å². The molecule has 7 heteroatoms. The molecule has 3 aromatic rings. The first-order valence-corrected chi connectivity index (χ1v) is 9.43. The van der Waals surface area contributed by atoms with Crippen LogP contribution in [0.15, 0.2) is 53.1 Å². The van der Waals surface area contributed by atoms with E-state index < -0.39 is 24.4 Å². The predicted molar refractivity (Wildman–Crippen MR) is 110 cm³/mol. The number of furan rings is 1. The van der Waals surface area contributed by atoms with Gasteiger partial charge in [0.15, 0.2) is 6.61 Å². The first-order chi connectivity index (χ1) is 14.1. The van der Waals surface area contributed by atoms with Gasteiger partial charge in [-0.15, -0.1) is 0 Å². The maximum Gasteiger partial charge on any atom is 0.310 e. The van der Waals surface area contributed by atoms with Gasteiger partial charge in [-0.05, 0) is 35.2 Å². The highest BCUT2D eigenvalue weighted by atomic mass is 16.5. The largest absolute Gasteiger partial charge is 0.508 e. The molecule has 7 nitrogen and oxygen atoms in total. The topological polar surface area (TPSA) is 106 Å². The van der Waals surface area contributed by atoms with E-state index in [2.05, 4.69) is 26.1 Å². The highest BCUT2D eigenvalue weighted by Gasteiger charge is 2.17. The summed E-state index contributed by atoms with van der Waals surface area (Å²) in [5.41, 5.74) is 2.39. The van der Waals surface area contributed by atoms with E-state index in [-0.39, 0.29) is 17.6 Å². The molecule has 30 heavy (non-hydrogen) atoms. The fourth-order valence-electron chi connectivity index (χ4n) is 2.92. The Bertz CT molecular complexity index is 1090. The van der Waals surface area contributed by atoms with Crippen LogP contribution in [0, 0.1) is 0 Å². The van der Waals surface area contributed by atoms with Crippen LogP contribution >= 0.6 is 0 Å². The monoisotopic (exact) mass is 409 g/mol. The van der Waals surface area contributed by atoms with Gasteiger partial charge in [0.1, 0.15) is 11.3 Å². The molecule has 1 aromatic heterocycles.